The van der Waals surface area contributed by atoms with Gasteiger partial charge in [0.05, 0.1) is 50.1 Å². The van der Waals surface area contributed by atoms with Crippen molar-refractivity contribution in [2.24, 2.45) is 5.41 Å². The fraction of sp³-hybridized carbons (Fsp3) is 0.554. The minimum Gasteiger partial charge on any atom is -0.462 e. The third kappa shape index (κ3) is 13.2. The second-order valence-electron chi connectivity index (χ2n) is 22.5. The number of nitrogens with two attached hydrogens (primary N) is 1. The van der Waals surface area contributed by atoms with Crippen molar-refractivity contribution in [1.29, 1.82) is 0 Å². The first-order chi connectivity index (χ1) is 37.5. The van der Waals surface area contributed by atoms with Gasteiger partial charge in [-0.05, 0) is 100 Å². The van der Waals surface area contributed by atoms with Crippen molar-refractivity contribution in [1.82, 2.24) is 45.7 Å². The van der Waals surface area contributed by atoms with Crippen LogP contribution < -0.4 is 31.3 Å². The molecule has 426 valence electrons. The van der Waals surface area contributed by atoms with Crippen LogP contribution in [0.3, 0.4) is 0 Å². The lowest BCUT2D eigenvalue weighted by molar-refractivity contribution is -0.144. The highest BCUT2D eigenvalue weighted by Crippen LogP contribution is 2.45. The van der Waals surface area contributed by atoms with E-state index in [9.17, 15) is 32.7 Å². The van der Waals surface area contributed by atoms with Gasteiger partial charge < -0.3 is 46.1 Å². The first kappa shape index (κ1) is 57.9. The Balaban J connectivity index is 0.767. The summed E-state index contributed by atoms with van der Waals surface area (Å²) < 4.78 is 72.7. The SMILES string of the molecule is Cc1cc(N)nc(-c2c(Cl)cc3c(N4CC5CCC(C4)N5)nc(OC[C@@H]4CCCN4CCCOCCCC(=O)N[C@H](C(=O)N4C[C@H](O)C[C@H]4C(=O)N[C@@H](C)c4ccc(-c5scnc5C)cc4)C(C)(C)C)nc3c2F)c1C(F)(F)F. The number of carbonyl (C=O) groups excluding carboxylic acids is 3. The number of halogens is 5. The number of β-amino-alcohol motifs (C(OH)–C–C–N with tert-alkyl or cyclic N) is 1. The molecule has 6 N–H and O–H groups in total. The van der Waals surface area contributed by atoms with Crippen LogP contribution in [-0.2, 0) is 25.3 Å². The second kappa shape index (κ2) is 24.1. The van der Waals surface area contributed by atoms with E-state index >= 15 is 4.39 Å². The normalized spacial score (nSPS) is 21.4. The number of fused-ring (bicyclic) bond motifs is 3. The molecule has 0 saturated carbocycles. The van der Waals surface area contributed by atoms with Crippen molar-refractivity contribution in [3.05, 3.63) is 75.1 Å². The van der Waals surface area contributed by atoms with E-state index in [0.717, 1.165) is 60.0 Å². The molecule has 4 saturated heterocycles. The van der Waals surface area contributed by atoms with Crippen LogP contribution in [0, 0.1) is 25.1 Å². The van der Waals surface area contributed by atoms with Crippen LogP contribution in [0.1, 0.15) is 107 Å². The number of nitrogens with zero attached hydrogens (tertiary/aromatic N) is 7. The number of hydrogen-bond donors (Lipinski definition) is 5. The molecular formula is C56H70ClF4N11O6S. The van der Waals surface area contributed by atoms with Gasteiger partial charge in [-0.2, -0.15) is 23.1 Å². The molecule has 0 spiro atoms. The molecule has 3 aromatic heterocycles. The van der Waals surface area contributed by atoms with E-state index in [2.05, 4.69) is 35.8 Å². The average molecular weight is 1140 g/mol. The van der Waals surface area contributed by atoms with E-state index < -0.39 is 58.3 Å². The van der Waals surface area contributed by atoms with Gasteiger partial charge in [0.25, 0.3) is 0 Å². The predicted octanol–water partition coefficient (Wildman–Crippen LogP) is 8.17. The van der Waals surface area contributed by atoms with E-state index in [1.54, 1.807) is 16.8 Å². The first-order valence-corrected chi connectivity index (χ1v) is 28.4. The number of ether oxygens (including phenoxy) is 2. The van der Waals surface area contributed by atoms with Crippen LogP contribution in [0.15, 0.2) is 41.9 Å². The van der Waals surface area contributed by atoms with Gasteiger partial charge in [0, 0.05) is 75.7 Å². The summed E-state index contributed by atoms with van der Waals surface area (Å²) in [5.41, 5.74) is 6.97. The van der Waals surface area contributed by atoms with Crippen molar-refractivity contribution in [3.8, 4) is 27.7 Å². The Kier molecular flexibility index (Phi) is 17.7. The third-order valence-corrected chi connectivity index (χ3v) is 16.8. The van der Waals surface area contributed by atoms with Crippen molar-refractivity contribution in [2.45, 2.75) is 141 Å². The monoisotopic (exact) mass is 1140 g/mol. The van der Waals surface area contributed by atoms with Crippen LogP contribution in [-0.4, -0.2) is 141 Å². The second-order valence-corrected chi connectivity index (χ2v) is 23.8. The number of pyridine rings is 1. The molecule has 2 aromatic carbocycles. The Morgan fingerprint density at radius 3 is 2.39 bits per heavy atom. The Hall–Kier alpha value is -5.78. The van der Waals surface area contributed by atoms with Gasteiger partial charge in [0.15, 0.2) is 5.82 Å². The topological polar surface area (TPSA) is 213 Å². The number of nitrogens with one attached hydrogen (secondary N) is 3. The summed E-state index contributed by atoms with van der Waals surface area (Å²) in [6, 6.07) is 8.36. The molecule has 4 aliphatic rings. The van der Waals surface area contributed by atoms with Crippen molar-refractivity contribution in [2.75, 3.05) is 63.2 Å². The molecule has 23 heteroatoms. The van der Waals surface area contributed by atoms with Crippen LogP contribution in [0.2, 0.25) is 5.02 Å². The quantitative estimate of drug-likeness (QED) is 0.0390. The Morgan fingerprint density at radius 1 is 0.987 bits per heavy atom. The third-order valence-electron chi connectivity index (χ3n) is 15.5. The molecule has 0 radical (unpaired) electrons. The molecule has 2 unspecified atom stereocenters. The number of amides is 3. The van der Waals surface area contributed by atoms with Gasteiger partial charge in [-0.1, -0.05) is 56.6 Å². The van der Waals surface area contributed by atoms with Gasteiger partial charge in [-0.15, -0.1) is 11.3 Å². The molecule has 5 aromatic rings. The number of aliphatic hydroxyl groups excluding tert-OH is 1. The molecule has 9 rings (SSSR count). The van der Waals surface area contributed by atoms with Crippen molar-refractivity contribution < 1.29 is 46.5 Å². The molecular weight excluding hydrogens is 1070 g/mol. The van der Waals surface area contributed by atoms with E-state index in [1.807, 2.05) is 63.8 Å². The Bertz CT molecular complexity index is 3020. The fourth-order valence-corrected chi connectivity index (χ4v) is 12.6. The highest BCUT2D eigenvalue weighted by molar-refractivity contribution is 7.13. The lowest BCUT2D eigenvalue weighted by Crippen LogP contribution is -2.57. The number of aryl methyl sites for hydroxylation is 2. The van der Waals surface area contributed by atoms with Crippen molar-refractivity contribution >= 4 is 63.2 Å². The van der Waals surface area contributed by atoms with E-state index in [1.165, 1.54) is 17.9 Å². The number of piperazine rings is 1. The molecule has 0 aliphatic carbocycles. The molecule has 79 heavy (non-hydrogen) atoms. The summed E-state index contributed by atoms with van der Waals surface area (Å²) in [6.45, 7) is 14.1. The first-order valence-electron chi connectivity index (χ1n) is 27.1. The average Bonchev–Trinajstić information content (AvgIpc) is 4.37. The molecule has 17 nitrogen and oxygen atoms in total. The maximum atomic E-state index is 17.0. The largest absolute Gasteiger partial charge is 0.462 e. The molecule has 7 atom stereocenters. The maximum Gasteiger partial charge on any atom is 0.418 e. The smallest absolute Gasteiger partial charge is 0.418 e. The number of alkyl halides is 3. The number of nitrogen functional groups attached to an aromatic ring is 1. The van der Waals surface area contributed by atoms with Crippen LogP contribution in [0.25, 0.3) is 32.6 Å². The summed E-state index contributed by atoms with van der Waals surface area (Å²) >= 11 is 8.25. The molecule has 3 amide bonds. The highest BCUT2D eigenvalue weighted by atomic mass is 35.5. The lowest BCUT2D eigenvalue weighted by atomic mass is 9.85. The molecule has 7 heterocycles. The number of anilines is 2. The standard InChI is InChI=1S/C56H70ClF4N11O6S/c1-30-22-42(62)66-48(45(30)56(59,60)61)44-40(57)24-39-47(46(44)58)68-54(69-51(39)71-25-35-16-17-36(26-71)65-35)78-28-37-10-7-18-70(37)19-9-21-77-20-8-11-43(74)67-50(55(4,5)6)53(76)72-27-38(73)23-41(72)52(75)64-31(2)33-12-14-34(15-13-33)49-32(3)63-29-79-49/h12-15,22,24,29,31,35-38,41,50,65,73H,7-11,16-21,23,25-28H2,1-6H3,(H2,62,66)(H,64,75)(H,67,74)/t31-,35?,36?,37-,38+,41-,50+/m0/s1. The van der Waals surface area contributed by atoms with E-state index in [0.29, 0.717) is 51.5 Å². The minimum atomic E-state index is -4.89. The zero-order valence-electron chi connectivity index (χ0n) is 45.4. The summed E-state index contributed by atoms with van der Waals surface area (Å²) in [7, 11) is 0. The van der Waals surface area contributed by atoms with E-state index in [4.69, 9.17) is 31.8 Å². The Labute approximate surface area is 466 Å². The van der Waals surface area contributed by atoms with Crippen LogP contribution >= 0.6 is 22.9 Å². The zero-order chi connectivity index (χ0) is 56.5. The summed E-state index contributed by atoms with van der Waals surface area (Å²) in [4.78, 5) is 65.7. The molecule has 4 aliphatic heterocycles. The van der Waals surface area contributed by atoms with Gasteiger partial charge in [0.1, 0.15) is 35.8 Å². The Morgan fingerprint density at radius 2 is 1.71 bits per heavy atom. The van der Waals surface area contributed by atoms with E-state index in [-0.39, 0.29) is 95.3 Å². The van der Waals surface area contributed by atoms with Gasteiger partial charge in [-0.3, -0.25) is 19.3 Å². The summed E-state index contributed by atoms with van der Waals surface area (Å²) in [5.74, 6) is -2.08. The van der Waals surface area contributed by atoms with Gasteiger partial charge >= 0.3 is 12.2 Å². The number of carbonyl (C=O) groups is 3. The molecule has 2 bridgehead atoms. The van der Waals surface area contributed by atoms with Gasteiger partial charge in [0.2, 0.25) is 17.7 Å². The minimum absolute atomic E-state index is 0.0287. The number of aromatic nitrogens is 4. The number of thiazole rings is 1. The van der Waals surface area contributed by atoms with Gasteiger partial charge in [-0.25, -0.2) is 14.4 Å². The van der Waals surface area contributed by atoms with Crippen molar-refractivity contribution in [3.63, 3.8) is 0 Å². The number of aliphatic hydroxyl groups is 1. The lowest BCUT2D eigenvalue weighted by Gasteiger charge is -2.35. The number of rotatable bonds is 19. The van der Waals surface area contributed by atoms with Crippen LogP contribution in [0.4, 0.5) is 29.2 Å². The summed E-state index contributed by atoms with van der Waals surface area (Å²) in [6.07, 6.45) is -0.862. The zero-order valence-corrected chi connectivity index (χ0v) is 47.0. The fourth-order valence-electron chi connectivity index (χ4n) is 11.5. The predicted molar refractivity (Wildman–Crippen MR) is 295 cm³/mol. The number of hydrogen-bond acceptors (Lipinski definition) is 15. The number of likely N-dealkylation sites (tertiary alicyclic amines) is 2. The number of benzene rings is 2. The highest BCUT2D eigenvalue weighted by Gasteiger charge is 2.45. The summed E-state index contributed by atoms with van der Waals surface area (Å²) in [5, 5.41) is 20.2. The maximum absolute atomic E-state index is 17.0. The molecule has 4 fully saturated rings. The van der Waals surface area contributed by atoms with Crippen LogP contribution in [0.5, 0.6) is 6.01 Å².